The molecule has 1 amide bonds. The Kier molecular flexibility index (Phi) is 11.4. The number of carboxylic acid groups (broad SMARTS) is 2. The molecule has 0 aromatic heterocycles. The highest BCUT2D eigenvalue weighted by Crippen LogP contribution is 2.15. The van der Waals surface area contributed by atoms with Gasteiger partial charge in [0.25, 0.3) is 0 Å². The molecule has 2 saturated heterocycles. The Bertz CT molecular complexity index is 832. The van der Waals surface area contributed by atoms with Gasteiger partial charge >= 0.3 is 30.4 Å². The van der Waals surface area contributed by atoms with E-state index < -0.39 is 29.9 Å². The van der Waals surface area contributed by atoms with Crippen molar-refractivity contribution in [3.05, 3.63) is 35.9 Å². The molecule has 2 heterocycles. The number of piperazine rings is 1. The van der Waals surface area contributed by atoms with E-state index in [-0.39, 0.29) is 6.09 Å². The first-order valence-corrected chi connectivity index (χ1v) is 10.2. The van der Waals surface area contributed by atoms with Crippen LogP contribution in [0.2, 0.25) is 0 Å². The Labute approximate surface area is 201 Å². The van der Waals surface area contributed by atoms with E-state index in [0.29, 0.717) is 39.3 Å². The van der Waals surface area contributed by atoms with Crippen molar-refractivity contribution in [1.29, 1.82) is 0 Å². The number of alkyl halides is 6. The predicted octanol–water partition coefficient (Wildman–Crippen LogP) is 1.54. The molecule has 4 N–H and O–H groups in total. The molecule has 2 aliphatic rings. The zero-order chi connectivity index (χ0) is 27.6. The number of rotatable bonds is 4. The van der Waals surface area contributed by atoms with E-state index >= 15 is 0 Å². The van der Waals surface area contributed by atoms with Gasteiger partial charge in [-0.2, -0.15) is 26.3 Å². The second-order valence-corrected chi connectivity index (χ2v) is 7.74. The maximum Gasteiger partial charge on any atom is 0.490 e. The van der Waals surface area contributed by atoms with Crippen molar-refractivity contribution in [1.82, 2.24) is 15.1 Å². The van der Waals surface area contributed by atoms with Gasteiger partial charge in [0.2, 0.25) is 0 Å². The maximum absolute atomic E-state index is 12.1. The number of carbonyl (C=O) groups is 3. The van der Waals surface area contributed by atoms with Crippen molar-refractivity contribution in [2.45, 2.75) is 24.6 Å². The minimum atomic E-state index is -5.08. The van der Waals surface area contributed by atoms with Crippen molar-refractivity contribution < 1.29 is 60.8 Å². The van der Waals surface area contributed by atoms with Gasteiger partial charge in [0.05, 0.1) is 0 Å². The zero-order valence-corrected chi connectivity index (χ0v) is 18.7. The van der Waals surface area contributed by atoms with E-state index in [2.05, 4.69) is 10.2 Å². The molecule has 10 nitrogen and oxygen atoms in total. The van der Waals surface area contributed by atoms with E-state index in [9.17, 15) is 36.2 Å². The third-order valence-corrected chi connectivity index (χ3v) is 4.75. The lowest BCUT2D eigenvalue weighted by atomic mass is 9.96. The monoisotopic (exact) mass is 533 g/mol. The van der Waals surface area contributed by atoms with Crippen LogP contribution >= 0.6 is 0 Å². The van der Waals surface area contributed by atoms with Gasteiger partial charge in [-0.1, -0.05) is 30.3 Å². The molecule has 3 rings (SSSR count). The Hall–Kier alpha value is -3.11. The summed E-state index contributed by atoms with van der Waals surface area (Å²) in [6, 6.07) is 9.69. The summed E-state index contributed by atoms with van der Waals surface area (Å²) < 4.78 is 68.8. The van der Waals surface area contributed by atoms with Gasteiger partial charge in [-0.25, -0.2) is 14.4 Å². The zero-order valence-electron chi connectivity index (χ0n) is 18.7. The van der Waals surface area contributed by atoms with Gasteiger partial charge in [-0.15, -0.1) is 0 Å². The molecule has 0 aliphatic carbocycles. The van der Waals surface area contributed by atoms with Gasteiger partial charge in [-0.3, -0.25) is 4.90 Å². The maximum atomic E-state index is 12.1. The molecule has 204 valence electrons. The van der Waals surface area contributed by atoms with Crippen LogP contribution in [0, 0.1) is 0 Å². The summed E-state index contributed by atoms with van der Waals surface area (Å²) >= 11 is 0. The van der Waals surface area contributed by atoms with Gasteiger partial charge < -0.3 is 30.3 Å². The number of nitrogens with one attached hydrogen (secondary N) is 1. The fraction of sp³-hybridized carbons (Fsp3) is 0.550. The summed E-state index contributed by atoms with van der Waals surface area (Å²) in [6.45, 7) is 5.16. The van der Waals surface area contributed by atoms with Crippen LogP contribution in [-0.2, 0) is 20.9 Å². The van der Waals surface area contributed by atoms with Gasteiger partial charge in [0, 0.05) is 45.8 Å². The third kappa shape index (κ3) is 11.5. The lowest BCUT2D eigenvalue weighted by Crippen LogP contribution is -2.66. The summed E-state index contributed by atoms with van der Waals surface area (Å²) in [5, 5.41) is 27.5. The first kappa shape index (κ1) is 30.9. The molecule has 0 unspecified atom stereocenters. The molecule has 36 heavy (non-hydrogen) atoms. The number of hydrogen-bond donors (Lipinski definition) is 4. The van der Waals surface area contributed by atoms with Gasteiger partial charge in [-0.05, 0) is 5.56 Å². The first-order valence-electron chi connectivity index (χ1n) is 10.2. The molecule has 1 aromatic carbocycles. The molecular formula is C20H25F6N3O7. The van der Waals surface area contributed by atoms with Crippen LogP contribution in [0.5, 0.6) is 0 Å². The summed E-state index contributed by atoms with van der Waals surface area (Å²) in [7, 11) is 0. The average molecular weight is 533 g/mol. The van der Waals surface area contributed by atoms with Crippen molar-refractivity contribution >= 4 is 18.0 Å². The molecule has 0 bridgehead atoms. The van der Waals surface area contributed by atoms with Crippen LogP contribution in [0.15, 0.2) is 30.3 Å². The number of nitrogens with zero attached hydrogens (tertiary/aromatic N) is 2. The molecule has 2 aliphatic heterocycles. The summed E-state index contributed by atoms with van der Waals surface area (Å²) in [6.07, 6.45) is -10.4. The minimum Gasteiger partial charge on any atom is -0.475 e. The van der Waals surface area contributed by atoms with Gasteiger partial charge in [0.1, 0.15) is 12.2 Å². The Morgan fingerprint density at radius 1 is 0.889 bits per heavy atom. The number of hydrogen-bond acceptors (Lipinski definition) is 7. The SMILES string of the molecule is O=C(O)C(F)(F)F.O=C(O)C(F)(F)F.O=C(OCc1ccccc1)N1CCN(CC2(O)CNC2)CC1. The van der Waals surface area contributed by atoms with Crippen LogP contribution in [0.3, 0.4) is 0 Å². The van der Waals surface area contributed by atoms with E-state index in [1.54, 1.807) is 4.90 Å². The minimum absolute atomic E-state index is 0.257. The standard InChI is InChI=1S/C16H23N3O3.2C2HF3O2/c20-15(22-10-14-4-2-1-3-5-14)19-8-6-18(7-9-19)13-16(21)11-17-12-16;2*3-2(4,5)1(6)7/h1-5,17,21H,6-13H2;2*(H,6,7). The topological polar surface area (TPSA) is 140 Å². The molecule has 0 atom stereocenters. The summed E-state index contributed by atoms with van der Waals surface area (Å²) in [5.74, 6) is -5.51. The van der Waals surface area contributed by atoms with E-state index in [1.165, 1.54) is 0 Å². The van der Waals surface area contributed by atoms with Crippen LogP contribution < -0.4 is 5.32 Å². The van der Waals surface area contributed by atoms with Crippen LogP contribution in [-0.4, -0.2) is 107 Å². The number of aliphatic hydroxyl groups is 1. The van der Waals surface area contributed by atoms with Crippen molar-refractivity contribution in [2.24, 2.45) is 0 Å². The highest BCUT2D eigenvalue weighted by Gasteiger charge is 2.39. The lowest BCUT2D eigenvalue weighted by molar-refractivity contribution is -0.193. The highest BCUT2D eigenvalue weighted by atomic mass is 19.4. The van der Waals surface area contributed by atoms with E-state index in [0.717, 1.165) is 18.7 Å². The number of halogens is 6. The predicted molar refractivity (Wildman–Crippen MR) is 110 cm³/mol. The number of ether oxygens (including phenoxy) is 1. The second-order valence-electron chi connectivity index (χ2n) is 7.74. The number of carboxylic acids is 2. The smallest absolute Gasteiger partial charge is 0.475 e. The van der Waals surface area contributed by atoms with Crippen molar-refractivity contribution in [3.63, 3.8) is 0 Å². The molecule has 1 aromatic rings. The average Bonchev–Trinajstić information content (AvgIpc) is 2.77. The lowest BCUT2D eigenvalue weighted by Gasteiger charge is -2.43. The number of carbonyl (C=O) groups excluding carboxylic acids is 1. The third-order valence-electron chi connectivity index (χ3n) is 4.75. The summed E-state index contributed by atoms with van der Waals surface area (Å²) in [4.78, 5) is 33.8. The van der Waals surface area contributed by atoms with E-state index in [1.807, 2.05) is 30.3 Å². The van der Waals surface area contributed by atoms with Crippen LogP contribution in [0.1, 0.15) is 5.56 Å². The van der Waals surface area contributed by atoms with Crippen LogP contribution in [0.25, 0.3) is 0 Å². The molecule has 0 spiro atoms. The van der Waals surface area contributed by atoms with Crippen molar-refractivity contribution in [2.75, 3.05) is 45.8 Å². The molecule has 0 radical (unpaired) electrons. The van der Waals surface area contributed by atoms with E-state index in [4.69, 9.17) is 24.5 Å². The summed E-state index contributed by atoms with van der Waals surface area (Å²) in [5.41, 5.74) is 0.407. The molecular weight excluding hydrogens is 508 g/mol. The number of β-amino-alcohol motifs (C(OH)–C–C–N with tert-alkyl or cyclic N) is 1. The highest BCUT2D eigenvalue weighted by molar-refractivity contribution is 5.73. The number of benzene rings is 1. The first-order chi connectivity index (χ1) is 16.5. The Morgan fingerprint density at radius 3 is 1.69 bits per heavy atom. The largest absolute Gasteiger partial charge is 0.490 e. The molecule has 2 fully saturated rings. The number of aliphatic carboxylic acids is 2. The normalized spacial score (nSPS) is 17.4. The Morgan fingerprint density at radius 2 is 1.33 bits per heavy atom. The second kappa shape index (κ2) is 13.3. The molecule has 0 saturated carbocycles. The number of amides is 1. The Balaban J connectivity index is 0.000000383. The molecule has 16 heteroatoms. The fourth-order valence-electron chi connectivity index (χ4n) is 2.84. The van der Waals surface area contributed by atoms with Gasteiger partial charge in [0.15, 0.2) is 0 Å². The van der Waals surface area contributed by atoms with Crippen LogP contribution in [0.4, 0.5) is 31.1 Å². The quantitative estimate of drug-likeness (QED) is 0.425. The fourth-order valence-corrected chi connectivity index (χ4v) is 2.84. The van der Waals surface area contributed by atoms with Crippen molar-refractivity contribution in [3.8, 4) is 0 Å².